The van der Waals surface area contributed by atoms with Crippen LogP contribution >= 0.6 is 0 Å². The van der Waals surface area contributed by atoms with Crippen molar-refractivity contribution in [3.05, 3.63) is 60.2 Å². The number of nitrogens with zero attached hydrogens (tertiary/aromatic N) is 1. The van der Waals surface area contributed by atoms with Crippen molar-refractivity contribution < 1.29 is 14.7 Å². The number of carboxylic acids is 1. The number of hydrogen-bond donors (Lipinski definition) is 2. The average Bonchev–Trinajstić information content (AvgIpc) is 2.60. The normalized spacial score (nSPS) is 12.0. The lowest BCUT2D eigenvalue weighted by molar-refractivity contribution is -0.138. The predicted octanol–water partition coefficient (Wildman–Crippen LogP) is 2.55. The van der Waals surface area contributed by atoms with Crippen LogP contribution in [0.4, 0.5) is 0 Å². The molecule has 2 aromatic rings. The van der Waals surface area contributed by atoms with Crippen LogP contribution in [0.15, 0.2) is 54.6 Å². The molecule has 0 saturated carbocycles. The van der Waals surface area contributed by atoms with Gasteiger partial charge in [0, 0.05) is 6.04 Å². The Hall–Kier alpha value is -2.66. The maximum Gasteiger partial charge on any atom is 0.322 e. The zero-order valence-electron chi connectivity index (χ0n) is 13.9. The number of carbonyl (C=O) groups is 2. The maximum atomic E-state index is 11.7. The second kappa shape index (κ2) is 8.26. The second-order valence-corrected chi connectivity index (χ2v) is 5.75. The van der Waals surface area contributed by atoms with E-state index >= 15 is 0 Å². The van der Waals surface area contributed by atoms with Crippen molar-refractivity contribution in [1.82, 2.24) is 10.2 Å². The largest absolute Gasteiger partial charge is 0.480 e. The number of rotatable bonds is 7. The molecule has 24 heavy (non-hydrogen) atoms. The quantitative estimate of drug-likeness (QED) is 0.820. The van der Waals surface area contributed by atoms with Crippen LogP contribution in [0.1, 0.15) is 18.5 Å². The number of carbonyl (C=O) groups excluding carboxylic acids is 1. The fourth-order valence-electron chi connectivity index (χ4n) is 2.43. The van der Waals surface area contributed by atoms with E-state index in [9.17, 15) is 9.59 Å². The molecule has 0 radical (unpaired) electrons. The van der Waals surface area contributed by atoms with E-state index in [0.717, 1.165) is 16.7 Å². The molecule has 5 heteroatoms. The van der Waals surface area contributed by atoms with Gasteiger partial charge in [0.25, 0.3) is 0 Å². The van der Waals surface area contributed by atoms with E-state index in [1.807, 2.05) is 37.1 Å². The van der Waals surface area contributed by atoms with Crippen molar-refractivity contribution in [2.45, 2.75) is 13.0 Å². The first-order valence-electron chi connectivity index (χ1n) is 7.81. The number of amides is 1. The molecule has 0 aliphatic rings. The molecule has 0 bridgehead atoms. The lowest BCUT2D eigenvalue weighted by Crippen LogP contribution is -2.38. The molecular weight excluding hydrogens is 304 g/mol. The number of hydrogen-bond acceptors (Lipinski definition) is 3. The van der Waals surface area contributed by atoms with E-state index in [4.69, 9.17) is 5.11 Å². The van der Waals surface area contributed by atoms with Gasteiger partial charge in [0.05, 0.1) is 6.54 Å². The third-order valence-corrected chi connectivity index (χ3v) is 3.99. The lowest BCUT2D eigenvalue weighted by atomic mass is 10.0. The summed E-state index contributed by atoms with van der Waals surface area (Å²) in [4.78, 5) is 24.1. The Kier molecular flexibility index (Phi) is 6.09. The van der Waals surface area contributed by atoms with Crippen molar-refractivity contribution in [3.8, 4) is 11.1 Å². The van der Waals surface area contributed by atoms with E-state index in [0.29, 0.717) is 0 Å². The summed E-state index contributed by atoms with van der Waals surface area (Å²) in [5, 5.41) is 10.9. The van der Waals surface area contributed by atoms with Gasteiger partial charge in [-0.1, -0.05) is 54.6 Å². The number of aliphatic carboxylic acids is 1. The molecule has 0 heterocycles. The van der Waals surface area contributed by atoms with Gasteiger partial charge >= 0.3 is 5.97 Å². The minimum Gasteiger partial charge on any atom is -0.480 e. The minimum atomic E-state index is -1.05. The van der Waals surface area contributed by atoms with Crippen LogP contribution in [0, 0.1) is 0 Å². The number of carboxylic acid groups (broad SMARTS) is 1. The molecule has 1 amide bonds. The molecule has 5 nitrogen and oxygen atoms in total. The highest BCUT2D eigenvalue weighted by Gasteiger charge is 2.15. The Morgan fingerprint density at radius 2 is 1.62 bits per heavy atom. The van der Waals surface area contributed by atoms with Crippen LogP contribution in [0.25, 0.3) is 11.1 Å². The number of benzene rings is 2. The molecular formula is C19H22N2O3. The predicted molar refractivity (Wildman–Crippen MR) is 93.6 cm³/mol. The van der Waals surface area contributed by atoms with Gasteiger partial charge in [-0.25, -0.2) is 0 Å². The Balaban J connectivity index is 1.97. The molecule has 2 aromatic carbocycles. The summed E-state index contributed by atoms with van der Waals surface area (Å²) in [5.41, 5.74) is 3.41. The monoisotopic (exact) mass is 326 g/mol. The zero-order valence-corrected chi connectivity index (χ0v) is 13.9. The highest BCUT2D eigenvalue weighted by atomic mass is 16.4. The summed E-state index contributed by atoms with van der Waals surface area (Å²) >= 11 is 0. The van der Waals surface area contributed by atoms with Crippen LogP contribution in [-0.4, -0.2) is 42.0 Å². The van der Waals surface area contributed by atoms with Crippen LogP contribution in [0.3, 0.4) is 0 Å². The smallest absolute Gasteiger partial charge is 0.322 e. The first kappa shape index (κ1) is 17.7. The number of nitrogens with one attached hydrogen (secondary N) is 1. The van der Waals surface area contributed by atoms with Crippen LogP contribution in [0.2, 0.25) is 0 Å². The molecule has 0 aliphatic carbocycles. The van der Waals surface area contributed by atoms with E-state index in [-0.39, 0.29) is 25.0 Å². The molecule has 0 spiro atoms. The van der Waals surface area contributed by atoms with E-state index in [1.165, 1.54) is 0 Å². The fraction of sp³-hybridized carbons (Fsp3) is 0.263. The highest BCUT2D eigenvalue weighted by Crippen LogP contribution is 2.23. The van der Waals surface area contributed by atoms with Gasteiger partial charge in [-0.15, -0.1) is 0 Å². The molecule has 126 valence electrons. The Labute approximate surface area is 141 Å². The van der Waals surface area contributed by atoms with Crippen LogP contribution < -0.4 is 5.32 Å². The van der Waals surface area contributed by atoms with Gasteiger partial charge in [0.1, 0.15) is 6.54 Å². The summed E-state index contributed by atoms with van der Waals surface area (Å²) < 4.78 is 0. The average molecular weight is 326 g/mol. The fourth-order valence-corrected chi connectivity index (χ4v) is 2.43. The maximum absolute atomic E-state index is 11.7. The summed E-state index contributed by atoms with van der Waals surface area (Å²) in [6.07, 6.45) is 0. The Bertz CT molecular complexity index is 684. The van der Waals surface area contributed by atoms with Crippen LogP contribution in [0.5, 0.6) is 0 Å². The number of likely N-dealkylation sites (N-methyl/N-ethyl adjacent to an activating group) is 1. The van der Waals surface area contributed by atoms with Crippen molar-refractivity contribution in [2.24, 2.45) is 0 Å². The third kappa shape index (κ3) is 4.93. The lowest BCUT2D eigenvalue weighted by Gasteiger charge is -2.24. The summed E-state index contributed by atoms with van der Waals surface area (Å²) in [6, 6.07) is 18.4. The molecule has 0 aliphatic heterocycles. The Morgan fingerprint density at radius 3 is 2.21 bits per heavy atom. The van der Waals surface area contributed by atoms with Crippen LogP contribution in [-0.2, 0) is 9.59 Å². The van der Waals surface area contributed by atoms with Gasteiger partial charge in [-0.3, -0.25) is 14.5 Å². The molecule has 0 unspecified atom stereocenters. The Morgan fingerprint density at radius 1 is 1.04 bits per heavy atom. The van der Waals surface area contributed by atoms with Gasteiger partial charge in [-0.2, -0.15) is 0 Å². The van der Waals surface area contributed by atoms with Crippen molar-refractivity contribution in [1.29, 1.82) is 0 Å². The van der Waals surface area contributed by atoms with Gasteiger partial charge in [0.2, 0.25) is 5.91 Å². The van der Waals surface area contributed by atoms with Gasteiger partial charge in [-0.05, 0) is 30.7 Å². The first-order valence-corrected chi connectivity index (χ1v) is 7.81. The van der Waals surface area contributed by atoms with Gasteiger partial charge in [0.15, 0.2) is 0 Å². The topological polar surface area (TPSA) is 69.6 Å². The zero-order chi connectivity index (χ0) is 17.5. The highest BCUT2D eigenvalue weighted by molar-refractivity contribution is 5.82. The standard InChI is InChI=1S/C19H22N2O3/c1-14(21(2)13-18(22)20-12-19(23)24)15-8-10-17(11-9-15)16-6-4-3-5-7-16/h3-11,14H,12-13H2,1-2H3,(H,20,22)(H,23,24)/t14-/m1/s1. The summed E-state index contributed by atoms with van der Waals surface area (Å²) in [6.45, 7) is 1.81. The first-order chi connectivity index (χ1) is 11.5. The van der Waals surface area contributed by atoms with E-state index < -0.39 is 5.97 Å². The molecule has 2 rings (SSSR count). The molecule has 0 saturated heterocycles. The molecule has 0 aromatic heterocycles. The molecule has 0 fully saturated rings. The summed E-state index contributed by atoms with van der Waals surface area (Å²) in [7, 11) is 1.84. The molecule has 2 N–H and O–H groups in total. The van der Waals surface area contributed by atoms with Crippen molar-refractivity contribution in [2.75, 3.05) is 20.1 Å². The minimum absolute atomic E-state index is 0.0467. The SMILES string of the molecule is C[C@H](c1ccc(-c2ccccc2)cc1)N(C)CC(=O)NCC(=O)O. The third-order valence-electron chi connectivity index (χ3n) is 3.99. The summed E-state index contributed by atoms with van der Waals surface area (Å²) in [5.74, 6) is -1.34. The molecule has 1 atom stereocenters. The second-order valence-electron chi connectivity index (χ2n) is 5.75. The van der Waals surface area contributed by atoms with E-state index in [1.54, 1.807) is 0 Å². The van der Waals surface area contributed by atoms with Crippen molar-refractivity contribution >= 4 is 11.9 Å². The van der Waals surface area contributed by atoms with E-state index in [2.05, 4.69) is 41.7 Å². The van der Waals surface area contributed by atoms with Gasteiger partial charge < -0.3 is 10.4 Å². The van der Waals surface area contributed by atoms with Crippen molar-refractivity contribution in [3.63, 3.8) is 0 Å².